The molecule has 4 aromatic rings. The van der Waals surface area contributed by atoms with Gasteiger partial charge in [-0.25, -0.2) is 9.37 Å². The summed E-state index contributed by atoms with van der Waals surface area (Å²) >= 11 is 0. The van der Waals surface area contributed by atoms with Crippen LogP contribution in [0.15, 0.2) is 61.2 Å². The number of rotatable bonds is 4. The summed E-state index contributed by atoms with van der Waals surface area (Å²) in [7, 11) is 0. The number of halogens is 1. The first-order valence-corrected chi connectivity index (χ1v) is 12.3. The second kappa shape index (κ2) is 13.0. The zero-order chi connectivity index (χ0) is 23.5. The Bertz CT molecular complexity index is 1110. The van der Waals surface area contributed by atoms with Gasteiger partial charge in [0.2, 0.25) is 0 Å². The molecule has 3 heterocycles. The summed E-state index contributed by atoms with van der Waals surface area (Å²) in [5, 5.41) is 0.921. The molecule has 1 aliphatic carbocycles. The molecular formula is C28H37FN4. The van der Waals surface area contributed by atoms with Crippen molar-refractivity contribution in [2.75, 3.05) is 0 Å². The van der Waals surface area contributed by atoms with Crippen molar-refractivity contribution in [1.29, 1.82) is 0 Å². The van der Waals surface area contributed by atoms with Crippen LogP contribution >= 0.6 is 0 Å². The molecule has 3 aromatic heterocycles. The van der Waals surface area contributed by atoms with Gasteiger partial charge in [-0.3, -0.25) is 4.98 Å². The Kier molecular flexibility index (Phi) is 9.82. The van der Waals surface area contributed by atoms with Crippen LogP contribution in [0, 0.1) is 11.7 Å². The van der Waals surface area contributed by atoms with E-state index in [1.807, 2.05) is 41.2 Å². The van der Waals surface area contributed by atoms with Crippen molar-refractivity contribution in [2.45, 2.75) is 71.8 Å². The van der Waals surface area contributed by atoms with Gasteiger partial charge in [-0.15, -0.1) is 0 Å². The molecule has 1 aliphatic rings. The van der Waals surface area contributed by atoms with E-state index in [0.29, 0.717) is 11.1 Å². The lowest BCUT2D eigenvalue weighted by Crippen LogP contribution is -2.04. The average Bonchev–Trinajstić information content (AvgIpc) is 3.34. The van der Waals surface area contributed by atoms with Crippen LogP contribution in [0.3, 0.4) is 0 Å². The van der Waals surface area contributed by atoms with E-state index >= 15 is 0 Å². The zero-order valence-electron chi connectivity index (χ0n) is 20.0. The monoisotopic (exact) mass is 448 g/mol. The maximum absolute atomic E-state index is 13.2. The van der Waals surface area contributed by atoms with Gasteiger partial charge in [-0.05, 0) is 36.1 Å². The predicted octanol–water partition coefficient (Wildman–Crippen LogP) is 7.10. The summed E-state index contributed by atoms with van der Waals surface area (Å²) in [6.07, 6.45) is 18.9. The number of nitrogens with two attached hydrogens (primary N) is 1. The molecule has 1 fully saturated rings. The third kappa shape index (κ3) is 7.10. The van der Waals surface area contributed by atoms with Crippen LogP contribution in [0.5, 0.6) is 0 Å². The molecule has 1 saturated carbocycles. The van der Waals surface area contributed by atoms with E-state index in [2.05, 4.69) is 29.9 Å². The normalized spacial score (nSPS) is 13.8. The Hall–Kier alpha value is -2.79. The standard InChI is InChI=1S/C10H9FN2.C9H10N2.C9H18/c11-9-5-10-7(2-1-3-13-10)4-8(9)6-12;1-2-8-4-3-6-11-7-5-10-9(8)11;1-2-6-9-7-4-3-5-8-9/h1-5H,6,12H2;3-7H,2H2,1H3;9H,2-8H2,1H3. The summed E-state index contributed by atoms with van der Waals surface area (Å²) in [4.78, 5) is 8.29. The van der Waals surface area contributed by atoms with E-state index in [-0.39, 0.29) is 12.4 Å². The van der Waals surface area contributed by atoms with Crippen molar-refractivity contribution in [1.82, 2.24) is 14.4 Å². The molecular weight excluding hydrogens is 411 g/mol. The van der Waals surface area contributed by atoms with Gasteiger partial charge in [-0.1, -0.05) is 70.9 Å². The highest BCUT2D eigenvalue weighted by atomic mass is 19.1. The molecule has 4 nitrogen and oxygen atoms in total. The van der Waals surface area contributed by atoms with Gasteiger partial charge in [0.05, 0.1) is 5.52 Å². The number of nitrogens with zero attached hydrogens (tertiary/aromatic N) is 3. The largest absolute Gasteiger partial charge is 0.326 e. The van der Waals surface area contributed by atoms with Gasteiger partial charge < -0.3 is 10.1 Å². The highest BCUT2D eigenvalue weighted by Crippen LogP contribution is 2.26. The lowest BCUT2D eigenvalue weighted by Gasteiger charge is -2.20. The van der Waals surface area contributed by atoms with Gasteiger partial charge in [-0.2, -0.15) is 0 Å². The minimum atomic E-state index is -0.284. The minimum absolute atomic E-state index is 0.219. The Morgan fingerprint density at radius 3 is 2.52 bits per heavy atom. The minimum Gasteiger partial charge on any atom is -0.326 e. The Morgan fingerprint density at radius 1 is 0.970 bits per heavy atom. The molecule has 2 N–H and O–H groups in total. The molecule has 0 bridgehead atoms. The highest BCUT2D eigenvalue weighted by Gasteiger charge is 2.11. The van der Waals surface area contributed by atoms with Crippen LogP contribution in [-0.2, 0) is 13.0 Å². The maximum Gasteiger partial charge on any atom is 0.139 e. The molecule has 176 valence electrons. The van der Waals surface area contributed by atoms with E-state index in [1.165, 1.54) is 56.6 Å². The third-order valence-electron chi connectivity index (χ3n) is 6.29. The number of benzene rings is 1. The first kappa shape index (κ1) is 24.8. The summed E-state index contributed by atoms with van der Waals surface area (Å²) in [6.45, 7) is 4.66. The molecule has 1 aromatic carbocycles. The SMILES string of the molecule is CCCC1CCCCC1.CCc1cccn2ccnc12.NCc1cc2cccnc2cc1F. The molecule has 0 unspecified atom stereocenters. The van der Waals surface area contributed by atoms with Crippen LogP contribution < -0.4 is 5.73 Å². The zero-order valence-corrected chi connectivity index (χ0v) is 20.0. The summed E-state index contributed by atoms with van der Waals surface area (Å²) in [6, 6.07) is 11.0. The van der Waals surface area contributed by atoms with Gasteiger partial charge in [0, 0.05) is 48.3 Å². The van der Waals surface area contributed by atoms with Crippen LogP contribution in [0.4, 0.5) is 4.39 Å². The first-order chi connectivity index (χ1) is 16.2. The second-order valence-electron chi connectivity index (χ2n) is 8.68. The summed E-state index contributed by atoms with van der Waals surface area (Å²) in [5.74, 6) is 0.817. The Morgan fingerprint density at radius 2 is 1.79 bits per heavy atom. The van der Waals surface area contributed by atoms with Crippen molar-refractivity contribution in [3.05, 3.63) is 78.1 Å². The van der Waals surface area contributed by atoms with Crippen LogP contribution in [-0.4, -0.2) is 14.4 Å². The van der Waals surface area contributed by atoms with Crippen molar-refractivity contribution in [3.8, 4) is 0 Å². The van der Waals surface area contributed by atoms with E-state index in [4.69, 9.17) is 5.73 Å². The molecule has 0 spiro atoms. The lowest BCUT2D eigenvalue weighted by atomic mass is 9.86. The summed E-state index contributed by atoms with van der Waals surface area (Å²) < 4.78 is 15.2. The smallest absolute Gasteiger partial charge is 0.139 e. The van der Waals surface area contributed by atoms with Crippen LogP contribution in [0.2, 0.25) is 0 Å². The van der Waals surface area contributed by atoms with Crippen molar-refractivity contribution in [2.24, 2.45) is 11.7 Å². The molecule has 0 saturated heterocycles. The predicted molar refractivity (Wildman–Crippen MR) is 136 cm³/mol. The molecule has 5 heteroatoms. The second-order valence-corrected chi connectivity index (χ2v) is 8.68. The molecule has 0 amide bonds. The number of aryl methyl sites for hydroxylation is 1. The highest BCUT2D eigenvalue weighted by molar-refractivity contribution is 5.79. The topological polar surface area (TPSA) is 56.2 Å². The van der Waals surface area contributed by atoms with Crippen LogP contribution in [0.25, 0.3) is 16.6 Å². The number of pyridine rings is 2. The average molecular weight is 449 g/mol. The number of fused-ring (bicyclic) bond motifs is 2. The molecule has 33 heavy (non-hydrogen) atoms. The fourth-order valence-corrected chi connectivity index (χ4v) is 4.47. The number of hydrogen-bond donors (Lipinski definition) is 1. The van der Waals surface area contributed by atoms with Crippen molar-refractivity contribution < 1.29 is 4.39 Å². The molecule has 5 rings (SSSR count). The van der Waals surface area contributed by atoms with Crippen molar-refractivity contribution in [3.63, 3.8) is 0 Å². The van der Waals surface area contributed by atoms with Gasteiger partial charge in [0.25, 0.3) is 0 Å². The Balaban J connectivity index is 0.000000142. The third-order valence-corrected chi connectivity index (χ3v) is 6.29. The lowest BCUT2D eigenvalue weighted by molar-refractivity contribution is 0.336. The van der Waals surface area contributed by atoms with E-state index < -0.39 is 0 Å². The van der Waals surface area contributed by atoms with E-state index in [9.17, 15) is 4.39 Å². The number of aromatic nitrogens is 3. The number of hydrogen-bond acceptors (Lipinski definition) is 3. The van der Waals surface area contributed by atoms with Gasteiger partial charge in [0.1, 0.15) is 11.5 Å². The quantitative estimate of drug-likeness (QED) is 0.362. The van der Waals surface area contributed by atoms with Gasteiger partial charge in [0.15, 0.2) is 0 Å². The van der Waals surface area contributed by atoms with Gasteiger partial charge >= 0.3 is 0 Å². The maximum atomic E-state index is 13.2. The summed E-state index contributed by atoms with van der Waals surface area (Å²) in [5.41, 5.74) is 8.96. The Labute approximate surface area is 197 Å². The molecule has 0 radical (unpaired) electrons. The van der Waals surface area contributed by atoms with E-state index in [1.54, 1.807) is 12.3 Å². The van der Waals surface area contributed by atoms with E-state index in [0.717, 1.165) is 23.4 Å². The fraction of sp³-hybridized carbons (Fsp3) is 0.429. The fourth-order valence-electron chi connectivity index (χ4n) is 4.47. The first-order valence-electron chi connectivity index (χ1n) is 12.3. The van der Waals surface area contributed by atoms with Crippen LogP contribution in [0.1, 0.15) is 69.9 Å². The molecule has 0 aliphatic heterocycles. The van der Waals surface area contributed by atoms with Crippen molar-refractivity contribution >= 4 is 16.6 Å². The molecule has 0 atom stereocenters. The number of imidazole rings is 1.